The lowest BCUT2D eigenvalue weighted by Crippen LogP contribution is -2.43. The topological polar surface area (TPSA) is 97.1 Å². The normalized spacial score (nSPS) is 9.62. The van der Waals surface area contributed by atoms with Crippen LogP contribution in [0, 0.1) is 0 Å². The molecule has 0 saturated carbocycles. The summed E-state index contributed by atoms with van der Waals surface area (Å²) in [6.07, 6.45) is 2.46. The van der Waals surface area contributed by atoms with Crippen LogP contribution < -0.4 is 16.6 Å². The van der Waals surface area contributed by atoms with E-state index < -0.39 is 11.8 Å². The number of nitrogens with two attached hydrogens (primary N) is 1. The van der Waals surface area contributed by atoms with Crippen LogP contribution in [0.2, 0.25) is 0 Å². The van der Waals surface area contributed by atoms with E-state index in [-0.39, 0.29) is 6.54 Å². The average Bonchev–Trinajstić information content (AvgIpc) is 2.35. The van der Waals surface area contributed by atoms with E-state index in [4.69, 9.17) is 5.84 Å². The predicted molar refractivity (Wildman–Crippen MR) is 57.8 cm³/mol. The van der Waals surface area contributed by atoms with E-state index in [0.29, 0.717) is 0 Å². The summed E-state index contributed by atoms with van der Waals surface area (Å²) in [5.41, 5.74) is 3.55. The Bertz CT molecular complexity index is 392. The van der Waals surface area contributed by atoms with E-state index in [1.54, 1.807) is 11.6 Å². The maximum absolute atomic E-state index is 11.1. The summed E-state index contributed by atoms with van der Waals surface area (Å²) in [6, 6.07) is 3.76. The molecule has 1 aromatic rings. The lowest BCUT2D eigenvalue weighted by atomic mass is 10.1. The molecule has 0 fully saturated rings. The lowest BCUT2D eigenvalue weighted by Gasteiger charge is -2.07. The number of hydrazine groups is 1. The van der Waals surface area contributed by atoms with Gasteiger partial charge in [0.25, 0.3) is 0 Å². The Morgan fingerprint density at radius 3 is 2.81 bits per heavy atom. The number of carbonyl (C=O) groups is 2. The molecule has 0 aromatic carbocycles. The average molecular weight is 222 g/mol. The van der Waals surface area contributed by atoms with E-state index in [2.05, 4.69) is 10.3 Å². The van der Waals surface area contributed by atoms with Crippen molar-refractivity contribution in [3.63, 3.8) is 0 Å². The number of aromatic nitrogens is 1. The van der Waals surface area contributed by atoms with Crippen LogP contribution in [0.25, 0.3) is 0 Å². The second kappa shape index (κ2) is 5.82. The number of hydrogen-bond donors (Lipinski definition) is 3. The van der Waals surface area contributed by atoms with E-state index in [1.807, 2.05) is 19.1 Å². The van der Waals surface area contributed by atoms with Gasteiger partial charge in [-0.25, -0.2) is 5.84 Å². The first-order chi connectivity index (χ1) is 7.69. The third kappa shape index (κ3) is 3.03. The van der Waals surface area contributed by atoms with Crippen LogP contribution in [0.5, 0.6) is 0 Å². The Morgan fingerprint density at radius 1 is 1.44 bits per heavy atom. The molecule has 0 bridgehead atoms. The Balaban J connectivity index is 2.61. The van der Waals surface area contributed by atoms with Crippen molar-refractivity contribution in [2.75, 3.05) is 0 Å². The number of nitrogens with zero attached hydrogens (tertiary/aromatic N) is 1. The van der Waals surface area contributed by atoms with Crippen LogP contribution in [0.15, 0.2) is 18.3 Å². The minimum atomic E-state index is -0.867. The molecule has 0 unspecified atom stereocenters. The van der Waals surface area contributed by atoms with Crippen LogP contribution in [-0.4, -0.2) is 16.8 Å². The first kappa shape index (κ1) is 12.1. The smallest absolute Gasteiger partial charge is 0.323 e. The molecule has 0 saturated heterocycles. The molecule has 0 radical (unpaired) electrons. The summed E-state index contributed by atoms with van der Waals surface area (Å²) in [6.45, 7) is 2.21. The molecule has 2 amide bonds. The summed E-state index contributed by atoms with van der Waals surface area (Å²) >= 11 is 0. The minimum Gasteiger partial charge on any atom is -0.342 e. The van der Waals surface area contributed by atoms with Gasteiger partial charge in [0.15, 0.2) is 0 Å². The maximum atomic E-state index is 11.1. The summed E-state index contributed by atoms with van der Waals surface area (Å²) < 4.78 is 0. The van der Waals surface area contributed by atoms with Crippen molar-refractivity contribution in [3.05, 3.63) is 29.6 Å². The Morgan fingerprint density at radius 2 is 2.19 bits per heavy atom. The summed E-state index contributed by atoms with van der Waals surface area (Å²) in [7, 11) is 0. The molecule has 4 N–H and O–H groups in total. The van der Waals surface area contributed by atoms with Crippen molar-refractivity contribution in [2.24, 2.45) is 5.84 Å². The van der Waals surface area contributed by atoms with Gasteiger partial charge >= 0.3 is 11.8 Å². The molecular weight excluding hydrogens is 208 g/mol. The highest BCUT2D eigenvalue weighted by atomic mass is 16.2. The third-order valence-electron chi connectivity index (χ3n) is 2.12. The molecule has 1 rings (SSSR count). The van der Waals surface area contributed by atoms with Crippen molar-refractivity contribution in [2.45, 2.75) is 19.9 Å². The van der Waals surface area contributed by atoms with Gasteiger partial charge in [-0.2, -0.15) is 0 Å². The fraction of sp³-hybridized carbons (Fsp3) is 0.300. The first-order valence-corrected chi connectivity index (χ1v) is 4.90. The van der Waals surface area contributed by atoms with Gasteiger partial charge in [0.1, 0.15) is 0 Å². The van der Waals surface area contributed by atoms with Gasteiger partial charge < -0.3 is 5.32 Å². The molecule has 6 heteroatoms. The Kier molecular flexibility index (Phi) is 4.41. The zero-order chi connectivity index (χ0) is 12.0. The largest absolute Gasteiger partial charge is 0.342 e. The highest BCUT2D eigenvalue weighted by Gasteiger charge is 2.11. The van der Waals surface area contributed by atoms with Gasteiger partial charge in [-0.3, -0.25) is 20.0 Å². The van der Waals surface area contributed by atoms with Gasteiger partial charge in [0.2, 0.25) is 0 Å². The van der Waals surface area contributed by atoms with Crippen LogP contribution in [0.1, 0.15) is 18.2 Å². The van der Waals surface area contributed by atoms with Crippen LogP contribution in [0.4, 0.5) is 0 Å². The van der Waals surface area contributed by atoms with Crippen molar-refractivity contribution in [1.82, 2.24) is 15.7 Å². The van der Waals surface area contributed by atoms with E-state index in [0.717, 1.165) is 17.7 Å². The molecule has 0 atom stereocenters. The van der Waals surface area contributed by atoms with Gasteiger partial charge in [0.05, 0.1) is 12.2 Å². The second-order valence-corrected chi connectivity index (χ2v) is 3.12. The van der Waals surface area contributed by atoms with E-state index >= 15 is 0 Å². The molecular formula is C10H14N4O2. The van der Waals surface area contributed by atoms with Gasteiger partial charge in [-0.05, 0) is 18.1 Å². The molecule has 1 heterocycles. The predicted octanol–water partition coefficient (Wildman–Crippen LogP) is -0.750. The number of rotatable bonds is 3. The van der Waals surface area contributed by atoms with Crippen molar-refractivity contribution in [1.29, 1.82) is 0 Å². The third-order valence-corrected chi connectivity index (χ3v) is 2.12. The number of aryl methyl sites for hydroxylation is 1. The fourth-order valence-electron chi connectivity index (χ4n) is 1.26. The molecule has 1 aromatic heterocycles. The maximum Gasteiger partial charge on any atom is 0.323 e. The molecule has 16 heavy (non-hydrogen) atoms. The van der Waals surface area contributed by atoms with Crippen molar-refractivity contribution < 1.29 is 9.59 Å². The molecule has 0 aliphatic rings. The minimum absolute atomic E-state index is 0.219. The van der Waals surface area contributed by atoms with Crippen LogP contribution in [0.3, 0.4) is 0 Å². The number of carbonyl (C=O) groups excluding carboxylic acids is 2. The molecule has 86 valence electrons. The quantitative estimate of drug-likeness (QED) is 0.271. The first-order valence-electron chi connectivity index (χ1n) is 4.90. The van der Waals surface area contributed by atoms with Gasteiger partial charge in [-0.15, -0.1) is 0 Å². The summed E-state index contributed by atoms with van der Waals surface area (Å²) in [5.74, 6) is 3.19. The lowest BCUT2D eigenvalue weighted by molar-refractivity contribution is -0.139. The van der Waals surface area contributed by atoms with Crippen LogP contribution in [-0.2, 0) is 22.6 Å². The van der Waals surface area contributed by atoms with E-state index in [1.165, 1.54) is 0 Å². The fourth-order valence-corrected chi connectivity index (χ4v) is 1.26. The standard InChI is InChI=1S/C10H14N4O2/c1-2-7-4-3-5-12-8(7)6-13-9(15)10(16)14-11/h3-5H,2,6,11H2,1H3,(H,13,15)(H,14,16). The molecule has 6 nitrogen and oxygen atoms in total. The Hall–Kier alpha value is -1.95. The van der Waals surface area contributed by atoms with E-state index in [9.17, 15) is 9.59 Å². The molecule has 0 spiro atoms. The van der Waals surface area contributed by atoms with Gasteiger partial charge in [0, 0.05) is 6.20 Å². The number of amides is 2. The van der Waals surface area contributed by atoms with Gasteiger partial charge in [-0.1, -0.05) is 13.0 Å². The summed E-state index contributed by atoms with van der Waals surface area (Å²) in [5, 5.41) is 2.43. The van der Waals surface area contributed by atoms with Crippen LogP contribution >= 0.6 is 0 Å². The zero-order valence-corrected chi connectivity index (χ0v) is 8.99. The summed E-state index contributed by atoms with van der Waals surface area (Å²) in [4.78, 5) is 26.1. The number of pyridine rings is 1. The highest BCUT2D eigenvalue weighted by molar-refractivity contribution is 6.34. The monoisotopic (exact) mass is 222 g/mol. The number of nitrogens with one attached hydrogen (secondary N) is 2. The zero-order valence-electron chi connectivity index (χ0n) is 8.99. The van der Waals surface area contributed by atoms with Crippen molar-refractivity contribution >= 4 is 11.8 Å². The number of hydrogen-bond acceptors (Lipinski definition) is 4. The molecule has 0 aliphatic heterocycles. The molecule has 0 aliphatic carbocycles. The second-order valence-electron chi connectivity index (χ2n) is 3.12. The SMILES string of the molecule is CCc1cccnc1CNC(=O)C(=O)NN. The highest BCUT2D eigenvalue weighted by Crippen LogP contribution is 2.05. The van der Waals surface area contributed by atoms with Crippen molar-refractivity contribution in [3.8, 4) is 0 Å². The Labute approximate surface area is 93.2 Å².